The van der Waals surface area contributed by atoms with E-state index in [0.29, 0.717) is 17.9 Å². The zero-order valence-electron chi connectivity index (χ0n) is 9.45. The van der Waals surface area contributed by atoms with Gasteiger partial charge in [-0.1, -0.05) is 18.4 Å². The van der Waals surface area contributed by atoms with Crippen molar-refractivity contribution < 1.29 is 4.42 Å². The van der Waals surface area contributed by atoms with Crippen molar-refractivity contribution >= 4 is 6.01 Å². The van der Waals surface area contributed by atoms with E-state index in [9.17, 15) is 0 Å². The fourth-order valence-electron chi connectivity index (χ4n) is 1.63. The van der Waals surface area contributed by atoms with Crippen LogP contribution < -0.4 is 10.6 Å². The largest absolute Gasteiger partial charge is 0.406 e. The molecule has 0 saturated heterocycles. The topological polar surface area (TPSA) is 63.0 Å². The second-order valence-corrected chi connectivity index (χ2v) is 4.11. The molecule has 3 unspecified atom stereocenters. The summed E-state index contributed by atoms with van der Waals surface area (Å²) >= 11 is 0. The lowest BCUT2D eigenvalue weighted by atomic mass is 10.3. The lowest BCUT2D eigenvalue weighted by Gasteiger charge is -2.02. The summed E-state index contributed by atoms with van der Waals surface area (Å²) in [6, 6.07) is 1.19. The lowest BCUT2D eigenvalue weighted by Crippen LogP contribution is -2.12. The highest BCUT2D eigenvalue weighted by Crippen LogP contribution is 2.35. The molecule has 0 aliphatic heterocycles. The maximum absolute atomic E-state index is 5.48. The highest BCUT2D eigenvalue weighted by Gasteiger charge is 2.36. The molecule has 5 heteroatoms. The molecular weight excluding hydrogens is 192 g/mol. The summed E-state index contributed by atoms with van der Waals surface area (Å²) in [4.78, 5) is 0. The summed E-state index contributed by atoms with van der Waals surface area (Å²) < 4.78 is 5.48. The molecule has 15 heavy (non-hydrogen) atoms. The van der Waals surface area contributed by atoms with E-state index in [4.69, 9.17) is 4.42 Å². The third kappa shape index (κ3) is 2.28. The highest BCUT2D eigenvalue weighted by atomic mass is 16.4. The molecule has 1 aliphatic rings. The molecule has 1 aromatic heterocycles. The van der Waals surface area contributed by atoms with E-state index in [2.05, 4.69) is 27.8 Å². The van der Waals surface area contributed by atoms with Crippen LogP contribution in [0.4, 0.5) is 6.01 Å². The monoisotopic (exact) mass is 210 g/mol. The molecular formula is C10H18N4O. The third-order valence-electron chi connectivity index (χ3n) is 3.00. The summed E-state index contributed by atoms with van der Waals surface area (Å²) in [7, 11) is 1.87. The smallest absolute Gasteiger partial charge is 0.315 e. The second-order valence-electron chi connectivity index (χ2n) is 4.11. The Morgan fingerprint density at radius 1 is 1.53 bits per heavy atom. The van der Waals surface area contributed by atoms with E-state index >= 15 is 0 Å². The second kappa shape index (κ2) is 4.18. The predicted octanol–water partition coefficient (Wildman–Crippen LogP) is 1.56. The van der Waals surface area contributed by atoms with Crippen LogP contribution in [0.15, 0.2) is 4.42 Å². The van der Waals surface area contributed by atoms with Crippen LogP contribution in [-0.4, -0.2) is 23.3 Å². The molecule has 2 rings (SSSR count). The van der Waals surface area contributed by atoms with Crippen molar-refractivity contribution in [1.82, 2.24) is 15.5 Å². The minimum absolute atomic E-state index is 0.106. The Hall–Kier alpha value is -1.10. The van der Waals surface area contributed by atoms with Gasteiger partial charge in [0.15, 0.2) is 0 Å². The molecule has 0 aromatic carbocycles. The van der Waals surface area contributed by atoms with Gasteiger partial charge in [-0.25, -0.2) is 0 Å². The Morgan fingerprint density at radius 3 is 2.93 bits per heavy atom. The maximum atomic E-state index is 5.48. The minimum atomic E-state index is 0.106. The zero-order chi connectivity index (χ0) is 10.8. The van der Waals surface area contributed by atoms with Crippen molar-refractivity contribution in [2.45, 2.75) is 38.8 Å². The van der Waals surface area contributed by atoms with Gasteiger partial charge in [-0.15, -0.1) is 5.10 Å². The Balaban J connectivity index is 1.90. The number of anilines is 1. The highest BCUT2D eigenvalue weighted by molar-refractivity contribution is 5.24. The average molecular weight is 210 g/mol. The van der Waals surface area contributed by atoms with E-state index in [1.807, 2.05) is 14.0 Å². The molecule has 0 spiro atoms. The van der Waals surface area contributed by atoms with Crippen LogP contribution >= 0.6 is 0 Å². The standard InChI is InChI=1S/C10H18N4O/c1-4-7-5-8(7)12-10-14-13-9(15-10)6(2)11-3/h6-8,11H,4-5H2,1-3H3,(H,12,14). The SMILES string of the molecule is CCC1CC1Nc1nnc(C(C)NC)o1. The van der Waals surface area contributed by atoms with E-state index in [1.54, 1.807) is 0 Å². The first-order chi connectivity index (χ1) is 7.24. The zero-order valence-corrected chi connectivity index (χ0v) is 9.45. The quantitative estimate of drug-likeness (QED) is 0.772. The molecule has 1 aromatic rings. The summed E-state index contributed by atoms with van der Waals surface area (Å²) in [5, 5.41) is 14.3. The van der Waals surface area contributed by atoms with Crippen LogP contribution in [0.25, 0.3) is 0 Å². The molecule has 1 aliphatic carbocycles. The fourth-order valence-corrected chi connectivity index (χ4v) is 1.63. The summed E-state index contributed by atoms with van der Waals surface area (Å²) in [6.07, 6.45) is 2.43. The van der Waals surface area contributed by atoms with Gasteiger partial charge in [-0.3, -0.25) is 0 Å². The number of hydrogen-bond donors (Lipinski definition) is 2. The summed E-state index contributed by atoms with van der Waals surface area (Å²) in [6.45, 7) is 4.19. The van der Waals surface area contributed by atoms with Gasteiger partial charge in [-0.2, -0.15) is 0 Å². The number of aromatic nitrogens is 2. The number of nitrogens with one attached hydrogen (secondary N) is 2. The van der Waals surface area contributed by atoms with E-state index in [-0.39, 0.29) is 6.04 Å². The number of rotatable bonds is 5. The predicted molar refractivity (Wildman–Crippen MR) is 57.6 cm³/mol. The third-order valence-corrected chi connectivity index (χ3v) is 3.00. The van der Waals surface area contributed by atoms with Crippen LogP contribution in [0.2, 0.25) is 0 Å². The van der Waals surface area contributed by atoms with E-state index in [1.165, 1.54) is 12.8 Å². The maximum Gasteiger partial charge on any atom is 0.315 e. The van der Waals surface area contributed by atoms with Crippen molar-refractivity contribution in [3.05, 3.63) is 5.89 Å². The molecule has 84 valence electrons. The summed E-state index contributed by atoms with van der Waals surface area (Å²) in [5.74, 6) is 1.41. The van der Waals surface area contributed by atoms with Crippen molar-refractivity contribution in [3.8, 4) is 0 Å². The number of hydrogen-bond acceptors (Lipinski definition) is 5. The molecule has 2 N–H and O–H groups in total. The molecule has 1 saturated carbocycles. The molecule has 0 radical (unpaired) electrons. The van der Waals surface area contributed by atoms with Crippen LogP contribution in [0, 0.1) is 5.92 Å². The van der Waals surface area contributed by atoms with Gasteiger partial charge in [-0.05, 0) is 26.3 Å². The molecule has 3 atom stereocenters. The Labute approximate surface area is 89.6 Å². The molecule has 1 fully saturated rings. The summed E-state index contributed by atoms with van der Waals surface area (Å²) in [5.41, 5.74) is 0. The van der Waals surface area contributed by atoms with Crippen LogP contribution in [0.1, 0.15) is 38.6 Å². The van der Waals surface area contributed by atoms with E-state index < -0.39 is 0 Å². The molecule has 5 nitrogen and oxygen atoms in total. The van der Waals surface area contributed by atoms with Crippen LogP contribution in [0.5, 0.6) is 0 Å². The van der Waals surface area contributed by atoms with Gasteiger partial charge in [0.05, 0.1) is 6.04 Å². The minimum Gasteiger partial charge on any atom is -0.406 e. The van der Waals surface area contributed by atoms with Gasteiger partial charge in [0.2, 0.25) is 5.89 Å². The van der Waals surface area contributed by atoms with Crippen LogP contribution in [-0.2, 0) is 0 Å². The van der Waals surface area contributed by atoms with Gasteiger partial charge < -0.3 is 15.1 Å². The molecule has 0 bridgehead atoms. The Bertz CT molecular complexity index is 325. The molecule has 0 amide bonds. The van der Waals surface area contributed by atoms with Gasteiger partial charge in [0.25, 0.3) is 0 Å². The number of nitrogens with zero attached hydrogens (tertiary/aromatic N) is 2. The lowest BCUT2D eigenvalue weighted by molar-refractivity contribution is 0.440. The van der Waals surface area contributed by atoms with Gasteiger partial charge in [0.1, 0.15) is 0 Å². The average Bonchev–Trinajstić information content (AvgIpc) is 2.83. The fraction of sp³-hybridized carbons (Fsp3) is 0.800. The van der Waals surface area contributed by atoms with Crippen molar-refractivity contribution in [3.63, 3.8) is 0 Å². The van der Waals surface area contributed by atoms with Crippen molar-refractivity contribution in [1.29, 1.82) is 0 Å². The first-order valence-electron chi connectivity index (χ1n) is 5.51. The van der Waals surface area contributed by atoms with Gasteiger partial charge in [0, 0.05) is 6.04 Å². The van der Waals surface area contributed by atoms with Crippen LogP contribution in [0.3, 0.4) is 0 Å². The first kappa shape index (κ1) is 10.4. The Morgan fingerprint density at radius 2 is 2.33 bits per heavy atom. The first-order valence-corrected chi connectivity index (χ1v) is 5.51. The van der Waals surface area contributed by atoms with Gasteiger partial charge >= 0.3 is 6.01 Å². The van der Waals surface area contributed by atoms with E-state index in [0.717, 1.165) is 5.92 Å². The molecule has 1 heterocycles. The normalized spacial score (nSPS) is 26.3. The Kier molecular flexibility index (Phi) is 2.90. The van der Waals surface area contributed by atoms with Crippen molar-refractivity contribution in [2.75, 3.05) is 12.4 Å². The van der Waals surface area contributed by atoms with Crippen molar-refractivity contribution in [2.24, 2.45) is 5.92 Å².